The van der Waals surface area contributed by atoms with Gasteiger partial charge in [-0.15, -0.1) is 18.0 Å². The highest BCUT2D eigenvalue weighted by Gasteiger charge is 2.34. The molecule has 0 amide bonds. The zero-order chi connectivity index (χ0) is 13.4. The molecule has 1 aliphatic rings. The van der Waals surface area contributed by atoms with Crippen LogP contribution in [0.25, 0.3) is 0 Å². The summed E-state index contributed by atoms with van der Waals surface area (Å²) in [4.78, 5) is 0.379. The Labute approximate surface area is 124 Å². The highest BCUT2D eigenvalue weighted by molar-refractivity contribution is 9.09. The van der Waals surface area contributed by atoms with E-state index in [4.69, 9.17) is 22.8 Å². The van der Waals surface area contributed by atoms with E-state index in [0.29, 0.717) is 4.83 Å². The Kier molecular flexibility index (Phi) is 7.74. The van der Waals surface area contributed by atoms with Crippen LogP contribution in [-0.2, 0) is 4.74 Å². The van der Waals surface area contributed by atoms with Gasteiger partial charge in [0.05, 0.1) is 17.6 Å². The van der Waals surface area contributed by atoms with E-state index in [1.54, 1.807) is 6.08 Å². The maximum Gasteiger partial charge on any atom is 0.0777 e. The third kappa shape index (κ3) is 5.18. The molecule has 0 aromatic rings. The molecule has 0 N–H and O–H groups in total. The monoisotopic (exact) mass is 330 g/mol. The fourth-order valence-electron chi connectivity index (χ4n) is 2.01. The molecule has 0 spiro atoms. The first-order chi connectivity index (χ1) is 8.69. The Bertz CT molecular complexity index is 332. The first kappa shape index (κ1) is 15.8. The fraction of sp³-hybridized carbons (Fsp3) is 0.600. The molecule has 100 valence electrons. The van der Waals surface area contributed by atoms with Gasteiger partial charge in [-0.2, -0.15) is 0 Å². The number of halogens is 2. The lowest BCUT2D eigenvalue weighted by Gasteiger charge is -2.36. The van der Waals surface area contributed by atoms with E-state index in [-0.39, 0.29) is 17.6 Å². The SMILES string of the molecule is C#CC=CCC=CCC1OC(CC)C(Br)CC1Cl. The van der Waals surface area contributed by atoms with Gasteiger partial charge in [0.15, 0.2) is 0 Å². The van der Waals surface area contributed by atoms with Gasteiger partial charge in [-0.05, 0) is 31.8 Å². The third-order valence-electron chi connectivity index (χ3n) is 3.03. The molecule has 0 aliphatic carbocycles. The van der Waals surface area contributed by atoms with Gasteiger partial charge in [-0.1, -0.05) is 47.0 Å². The van der Waals surface area contributed by atoms with Crippen molar-refractivity contribution < 1.29 is 4.74 Å². The molecular weight excluding hydrogens is 312 g/mol. The first-order valence-corrected chi connectivity index (χ1v) is 7.74. The van der Waals surface area contributed by atoms with Crippen LogP contribution >= 0.6 is 27.5 Å². The molecule has 1 fully saturated rings. The topological polar surface area (TPSA) is 9.23 Å². The summed E-state index contributed by atoms with van der Waals surface area (Å²) in [6, 6.07) is 0. The summed E-state index contributed by atoms with van der Waals surface area (Å²) in [5.41, 5.74) is 0. The molecule has 18 heavy (non-hydrogen) atoms. The van der Waals surface area contributed by atoms with Crippen LogP contribution in [0.2, 0.25) is 0 Å². The minimum atomic E-state index is 0.0862. The molecule has 3 heteroatoms. The van der Waals surface area contributed by atoms with Crippen LogP contribution < -0.4 is 0 Å². The number of hydrogen-bond acceptors (Lipinski definition) is 1. The van der Waals surface area contributed by atoms with Crippen LogP contribution in [0.5, 0.6) is 0 Å². The van der Waals surface area contributed by atoms with Crippen LogP contribution in [0.4, 0.5) is 0 Å². The molecule has 0 aromatic heterocycles. The summed E-state index contributed by atoms with van der Waals surface area (Å²) in [5, 5.41) is 0.0862. The number of ether oxygens (including phenoxy) is 1. The van der Waals surface area contributed by atoms with Gasteiger partial charge in [0, 0.05) is 4.83 Å². The maximum atomic E-state index is 6.33. The van der Waals surface area contributed by atoms with Gasteiger partial charge < -0.3 is 4.74 Å². The van der Waals surface area contributed by atoms with Crippen LogP contribution in [0.1, 0.15) is 32.6 Å². The first-order valence-electron chi connectivity index (χ1n) is 6.38. The van der Waals surface area contributed by atoms with Crippen molar-refractivity contribution in [2.75, 3.05) is 0 Å². The molecule has 4 atom stereocenters. The van der Waals surface area contributed by atoms with Gasteiger partial charge in [-0.25, -0.2) is 0 Å². The second kappa shape index (κ2) is 8.80. The highest BCUT2D eigenvalue weighted by Crippen LogP contribution is 2.32. The molecule has 1 rings (SSSR count). The number of terminal acetylenes is 1. The molecule has 0 saturated carbocycles. The number of hydrogen-bond donors (Lipinski definition) is 0. The molecule has 1 heterocycles. The minimum Gasteiger partial charge on any atom is -0.372 e. The van der Waals surface area contributed by atoms with E-state index in [0.717, 1.165) is 25.7 Å². The van der Waals surface area contributed by atoms with Crippen molar-refractivity contribution in [1.82, 2.24) is 0 Å². The van der Waals surface area contributed by atoms with Crippen molar-refractivity contribution in [3.05, 3.63) is 24.3 Å². The average molecular weight is 332 g/mol. The number of alkyl halides is 2. The van der Waals surface area contributed by atoms with Crippen molar-refractivity contribution in [3.8, 4) is 12.3 Å². The van der Waals surface area contributed by atoms with Crippen molar-refractivity contribution in [3.63, 3.8) is 0 Å². The quantitative estimate of drug-likeness (QED) is 0.411. The van der Waals surface area contributed by atoms with E-state index in [1.807, 2.05) is 6.08 Å². The lowest BCUT2D eigenvalue weighted by atomic mass is 9.99. The Balaban J connectivity index is 2.37. The minimum absolute atomic E-state index is 0.0862. The van der Waals surface area contributed by atoms with Gasteiger partial charge in [0.2, 0.25) is 0 Å². The van der Waals surface area contributed by atoms with Crippen LogP contribution in [-0.4, -0.2) is 22.4 Å². The Morgan fingerprint density at radius 1 is 1.39 bits per heavy atom. The van der Waals surface area contributed by atoms with Crippen LogP contribution in [0, 0.1) is 12.3 Å². The number of rotatable bonds is 5. The van der Waals surface area contributed by atoms with Crippen molar-refractivity contribution in [2.45, 2.75) is 55.0 Å². The van der Waals surface area contributed by atoms with Crippen molar-refractivity contribution >= 4 is 27.5 Å². The zero-order valence-corrected chi connectivity index (χ0v) is 13.0. The summed E-state index contributed by atoms with van der Waals surface area (Å²) in [6.07, 6.45) is 17.1. The predicted octanol–water partition coefficient (Wildman–Crippen LogP) is 4.45. The van der Waals surface area contributed by atoms with Crippen LogP contribution in [0.15, 0.2) is 24.3 Å². The van der Waals surface area contributed by atoms with Crippen molar-refractivity contribution in [2.24, 2.45) is 0 Å². The van der Waals surface area contributed by atoms with Gasteiger partial charge in [0.1, 0.15) is 0 Å². The smallest absolute Gasteiger partial charge is 0.0777 e. The molecule has 4 unspecified atom stereocenters. The van der Waals surface area contributed by atoms with E-state index in [1.165, 1.54) is 0 Å². The fourth-order valence-corrected chi connectivity index (χ4v) is 3.48. The second-order valence-corrected chi connectivity index (χ2v) is 6.14. The molecular formula is C15H20BrClO. The maximum absolute atomic E-state index is 6.33. The standard InChI is InChI=1S/C15H20BrClO/c1-3-5-6-7-8-9-10-15-13(17)11-12(16)14(4-2)18-15/h1,5-6,8-9,12-15H,4,7,10-11H2,2H3. The molecule has 1 saturated heterocycles. The van der Waals surface area contributed by atoms with Gasteiger partial charge >= 0.3 is 0 Å². The number of allylic oxidation sites excluding steroid dienone is 3. The zero-order valence-electron chi connectivity index (χ0n) is 10.7. The third-order valence-corrected chi connectivity index (χ3v) is 4.45. The molecule has 1 nitrogen and oxygen atoms in total. The Morgan fingerprint density at radius 2 is 2.17 bits per heavy atom. The van der Waals surface area contributed by atoms with Gasteiger partial charge in [0.25, 0.3) is 0 Å². The molecule has 1 aliphatic heterocycles. The summed E-state index contributed by atoms with van der Waals surface area (Å²) in [5.74, 6) is 2.47. The Morgan fingerprint density at radius 3 is 2.83 bits per heavy atom. The van der Waals surface area contributed by atoms with Crippen molar-refractivity contribution in [1.29, 1.82) is 0 Å². The lowest BCUT2D eigenvalue weighted by Crippen LogP contribution is -2.42. The lowest BCUT2D eigenvalue weighted by molar-refractivity contribution is -0.0402. The summed E-state index contributed by atoms with van der Waals surface area (Å²) >= 11 is 9.97. The van der Waals surface area contributed by atoms with Gasteiger partial charge in [-0.3, -0.25) is 0 Å². The molecule has 0 bridgehead atoms. The van der Waals surface area contributed by atoms with E-state index in [9.17, 15) is 0 Å². The average Bonchev–Trinajstić information content (AvgIpc) is 2.36. The largest absolute Gasteiger partial charge is 0.372 e. The summed E-state index contributed by atoms with van der Waals surface area (Å²) < 4.78 is 6.01. The Hall–Kier alpha value is -0.230. The van der Waals surface area contributed by atoms with Crippen LogP contribution in [0.3, 0.4) is 0 Å². The van der Waals surface area contributed by atoms with E-state index in [2.05, 4.69) is 40.9 Å². The second-order valence-electron chi connectivity index (χ2n) is 4.40. The normalized spacial score (nSPS) is 33.0. The van der Waals surface area contributed by atoms with E-state index < -0.39 is 0 Å². The predicted molar refractivity (Wildman–Crippen MR) is 82.3 cm³/mol. The summed E-state index contributed by atoms with van der Waals surface area (Å²) in [6.45, 7) is 2.14. The highest BCUT2D eigenvalue weighted by atomic mass is 79.9. The summed E-state index contributed by atoms with van der Waals surface area (Å²) in [7, 11) is 0. The van der Waals surface area contributed by atoms with E-state index >= 15 is 0 Å². The molecule has 0 aromatic carbocycles. The molecule has 0 radical (unpaired) electrons.